The molecule has 0 saturated heterocycles. The van der Waals surface area contributed by atoms with Crippen molar-refractivity contribution >= 4 is 23.1 Å². The van der Waals surface area contributed by atoms with Crippen LogP contribution in [0.25, 0.3) is 0 Å². The molecule has 1 fully saturated rings. The molecule has 2 N–H and O–H groups in total. The number of nitrogens with one attached hydrogen (secondary N) is 2. The molecule has 1 unspecified atom stereocenters. The third kappa shape index (κ3) is 5.04. The lowest BCUT2D eigenvalue weighted by molar-refractivity contribution is -0.121. The second-order valence-corrected chi connectivity index (χ2v) is 11.2. The monoisotopic (exact) mass is 503 g/mol. The zero-order valence-electron chi connectivity index (χ0n) is 22.2. The number of nitrogens with zero attached hydrogens (tertiary/aromatic N) is 1. The molecule has 1 aliphatic heterocycles. The van der Waals surface area contributed by atoms with E-state index in [4.69, 9.17) is 9.47 Å². The van der Waals surface area contributed by atoms with Gasteiger partial charge >= 0.3 is 0 Å². The quantitative estimate of drug-likeness (QED) is 0.551. The molecule has 0 bridgehead atoms. The molecule has 2 aromatic carbocycles. The predicted octanol–water partition coefficient (Wildman–Crippen LogP) is 5.38. The number of ether oxygens (including phenoxy) is 2. The fraction of sp³-hybridized carbons (Fsp3) is 0.467. The summed E-state index contributed by atoms with van der Waals surface area (Å²) in [7, 11) is 3.26. The van der Waals surface area contributed by atoms with Gasteiger partial charge in [-0.3, -0.25) is 9.59 Å². The van der Waals surface area contributed by atoms with Crippen molar-refractivity contribution in [1.82, 2.24) is 5.32 Å². The van der Waals surface area contributed by atoms with E-state index in [-0.39, 0.29) is 29.7 Å². The maximum Gasteiger partial charge on any atom is 0.239 e. The van der Waals surface area contributed by atoms with Crippen molar-refractivity contribution in [2.45, 2.75) is 64.5 Å². The minimum absolute atomic E-state index is 0.0406. The fourth-order valence-corrected chi connectivity index (χ4v) is 6.10. The van der Waals surface area contributed by atoms with Crippen molar-refractivity contribution in [2.75, 3.05) is 31.0 Å². The Kier molecular flexibility index (Phi) is 6.88. The van der Waals surface area contributed by atoms with Crippen LogP contribution < -0.4 is 25.0 Å². The van der Waals surface area contributed by atoms with Gasteiger partial charge < -0.3 is 25.0 Å². The highest BCUT2D eigenvalue weighted by Gasteiger charge is 2.43. The van der Waals surface area contributed by atoms with Crippen molar-refractivity contribution in [3.8, 4) is 11.5 Å². The Morgan fingerprint density at radius 2 is 1.84 bits per heavy atom. The number of fused-ring (bicyclic) bond motifs is 1. The van der Waals surface area contributed by atoms with Crippen LogP contribution in [-0.2, 0) is 9.59 Å². The zero-order chi connectivity index (χ0) is 26.2. The van der Waals surface area contributed by atoms with Gasteiger partial charge in [-0.05, 0) is 55.0 Å². The van der Waals surface area contributed by atoms with Crippen LogP contribution in [0.1, 0.15) is 64.0 Å². The van der Waals surface area contributed by atoms with Gasteiger partial charge in [0.25, 0.3) is 0 Å². The van der Waals surface area contributed by atoms with Gasteiger partial charge in [0.15, 0.2) is 5.78 Å². The van der Waals surface area contributed by atoms with E-state index in [1.54, 1.807) is 14.2 Å². The second-order valence-electron chi connectivity index (χ2n) is 11.2. The molecular formula is C30H37N3O4. The van der Waals surface area contributed by atoms with Crippen molar-refractivity contribution in [2.24, 2.45) is 5.41 Å². The van der Waals surface area contributed by atoms with Crippen LogP contribution in [-0.4, -0.2) is 38.5 Å². The Morgan fingerprint density at radius 3 is 2.57 bits per heavy atom. The Labute approximate surface area is 219 Å². The minimum atomic E-state index is -0.519. The number of hydrogen-bond acceptors (Lipinski definition) is 6. The van der Waals surface area contributed by atoms with E-state index < -0.39 is 6.04 Å². The van der Waals surface area contributed by atoms with Gasteiger partial charge in [0, 0.05) is 29.3 Å². The van der Waals surface area contributed by atoms with E-state index in [1.165, 1.54) is 0 Å². The summed E-state index contributed by atoms with van der Waals surface area (Å²) >= 11 is 0. The number of anilines is 2. The maximum absolute atomic E-state index is 13.9. The van der Waals surface area contributed by atoms with Crippen molar-refractivity contribution in [3.63, 3.8) is 0 Å². The summed E-state index contributed by atoms with van der Waals surface area (Å²) in [5.41, 5.74) is 3.99. The number of para-hydroxylation sites is 2. The number of amides is 1. The van der Waals surface area contributed by atoms with Crippen molar-refractivity contribution in [1.29, 1.82) is 0 Å². The first-order valence-electron chi connectivity index (χ1n) is 13.2. The lowest BCUT2D eigenvalue weighted by Crippen LogP contribution is -2.44. The smallest absolute Gasteiger partial charge is 0.239 e. The van der Waals surface area contributed by atoms with Gasteiger partial charge in [0.1, 0.15) is 11.5 Å². The van der Waals surface area contributed by atoms with Crippen molar-refractivity contribution < 1.29 is 19.1 Å². The first kappa shape index (κ1) is 25.2. The molecule has 5 rings (SSSR count). The fourth-order valence-electron chi connectivity index (χ4n) is 6.10. The number of hydrogen-bond donors (Lipinski definition) is 2. The molecule has 2 aliphatic carbocycles. The van der Waals surface area contributed by atoms with E-state index in [0.717, 1.165) is 54.7 Å². The van der Waals surface area contributed by atoms with Crippen LogP contribution in [0.2, 0.25) is 0 Å². The number of ketones is 1. The topological polar surface area (TPSA) is 79.9 Å². The molecular weight excluding hydrogens is 466 g/mol. The summed E-state index contributed by atoms with van der Waals surface area (Å²) in [4.78, 5) is 29.4. The Morgan fingerprint density at radius 1 is 1.08 bits per heavy atom. The number of carbonyl (C=O) groups is 2. The molecule has 3 aliphatic rings. The minimum Gasteiger partial charge on any atom is -0.497 e. The number of Topliss-reactive ketones (excluding diaryl/α,β-unsaturated/α-hetero) is 1. The number of allylic oxidation sites excluding steroid dienone is 1. The maximum atomic E-state index is 13.9. The number of carbonyl (C=O) groups excluding carboxylic acids is 2. The third-order valence-electron chi connectivity index (χ3n) is 7.77. The first-order valence-corrected chi connectivity index (χ1v) is 13.2. The second kappa shape index (κ2) is 10.1. The number of methoxy groups -OCH3 is 2. The molecule has 196 valence electrons. The van der Waals surface area contributed by atoms with E-state index in [9.17, 15) is 9.59 Å². The van der Waals surface area contributed by atoms with E-state index in [2.05, 4.69) is 29.4 Å². The van der Waals surface area contributed by atoms with E-state index in [1.807, 2.05) is 42.5 Å². The highest BCUT2D eigenvalue weighted by Crippen LogP contribution is 2.50. The van der Waals surface area contributed by atoms with Crippen LogP contribution in [0.5, 0.6) is 11.5 Å². The van der Waals surface area contributed by atoms with E-state index in [0.29, 0.717) is 23.5 Å². The Hall–Kier alpha value is -3.48. The van der Waals surface area contributed by atoms with Gasteiger partial charge in [-0.2, -0.15) is 0 Å². The average Bonchev–Trinajstić information content (AvgIpc) is 3.33. The van der Waals surface area contributed by atoms with Crippen LogP contribution in [0.15, 0.2) is 53.7 Å². The third-order valence-corrected chi connectivity index (χ3v) is 7.77. The normalized spacial score (nSPS) is 21.0. The van der Waals surface area contributed by atoms with Crippen LogP contribution in [0, 0.1) is 5.41 Å². The summed E-state index contributed by atoms with van der Waals surface area (Å²) in [6, 6.07) is 13.3. The summed E-state index contributed by atoms with van der Waals surface area (Å²) in [6.07, 6.45) is 5.49. The summed E-state index contributed by atoms with van der Waals surface area (Å²) in [6.45, 7) is 4.37. The van der Waals surface area contributed by atoms with Gasteiger partial charge in [0.05, 0.1) is 38.2 Å². The molecule has 2 aromatic rings. The van der Waals surface area contributed by atoms with Crippen LogP contribution >= 0.6 is 0 Å². The lowest BCUT2D eigenvalue weighted by atomic mass is 9.73. The molecule has 37 heavy (non-hydrogen) atoms. The summed E-state index contributed by atoms with van der Waals surface area (Å²) in [5.74, 6) is 1.36. The van der Waals surface area contributed by atoms with E-state index >= 15 is 0 Å². The van der Waals surface area contributed by atoms with Crippen LogP contribution in [0.3, 0.4) is 0 Å². The van der Waals surface area contributed by atoms with Crippen LogP contribution in [0.4, 0.5) is 11.4 Å². The number of rotatable bonds is 6. The van der Waals surface area contributed by atoms with Gasteiger partial charge in [-0.25, -0.2) is 0 Å². The van der Waals surface area contributed by atoms with Gasteiger partial charge in [-0.1, -0.05) is 38.8 Å². The molecule has 1 heterocycles. The lowest BCUT2D eigenvalue weighted by Gasteiger charge is -2.38. The molecule has 0 aromatic heterocycles. The standard InChI is InChI=1S/C30H37N3O4/c1-30(2)16-23-28(25(34)17-30)29(21-15-20(36-3)13-14-26(21)37-4)33(24-12-8-7-11-22(24)32-23)18-27(35)31-19-9-5-6-10-19/h7-8,11-15,19,29,32H,5-6,9-10,16-18H2,1-4H3,(H,31,35). The summed E-state index contributed by atoms with van der Waals surface area (Å²) < 4.78 is 11.4. The SMILES string of the molecule is COc1ccc(OC)c(C2C3=C(CC(C)(C)CC3=O)Nc3ccccc3N2CC(=O)NC2CCCC2)c1. The molecule has 7 nitrogen and oxygen atoms in total. The molecule has 1 atom stereocenters. The zero-order valence-corrected chi connectivity index (χ0v) is 22.2. The molecule has 0 spiro atoms. The summed E-state index contributed by atoms with van der Waals surface area (Å²) in [5, 5.41) is 6.84. The predicted molar refractivity (Wildman–Crippen MR) is 145 cm³/mol. The largest absolute Gasteiger partial charge is 0.497 e. The highest BCUT2D eigenvalue weighted by molar-refractivity contribution is 6.02. The Balaban J connectivity index is 1.69. The van der Waals surface area contributed by atoms with Crippen molar-refractivity contribution in [3.05, 3.63) is 59.3 Å². The average molecular weight is 504 g/mol. The Bertz CT molecular complexity index is 1230. The first-order chi connectivity index (χ1) is 17.8. The number of benzene rings is 2. The molecule has 1 saturated carbocycles. The molecule has 1 amide bonds. The molecule has 7 heteroatoms. The van der Waals surface area contributed by atoms with Gasteiger partial charge in [-0.15, -0.1) is 0 Å². The van der Waals surface area contributed by atoms with Gasteiger partial charge in [0.2, 0.25) is 5.91 Å². The molecule has 0 radical (unpaired) electrons. The highest BCUT2D eigenvalue weighted by atomic mass is 16.5.